The number of aliphatic hydroxyl groups is 1. The summed E-state index contributed by atoms with van der Waals surface area (Å²) in [6.45, 7) is 5.12. The molecule has 1 aliphatic heterocycles. The molecule has 1 aliphatic carbocycles. The second-order valence-electron chi connectivity index (χ2n) is 9.40. The Kier molecular flexibility index (Phi) is 6.76. The molecule has 32 heavy (non-hydrogen) atoms. The molecule has 2 N–H and O–H groups in total. The van der Waals surface area contributed by atoms with Gasteiger partial charge in [-0.25, -0.2) is 4.98 Å². The Morgan fingerprint density at radius 3 is 2.75 bits per heavy atom. The molecular formula is C25H33N3O4. The molecule has 1 saturated carbocycles. The molecule has 2 amide bonds. The van der Waals surface area contributed by atoms with Crippen molar-refractivity contribution in [2.45, 2.75) is 70.1 Å². The Morgan fingerprint density at radius 1 is 1.25 bits per heavy atom. The minimum atomic E-state index is -0.883. The number of amides is 2. The van der Waals surface area contributed by atoms with E-state index in [9.17, 15) is 14.7 Å². The number of para-hydroxylation sites is 1. The summed E-state index contributed by atoms with van der Waals surface area (Å²) in [4.78, 5) is 32.4. The largest absolute Gasteiger partial charge is 0.389 e. The molecule has 1 aromatic heterocycles. The molecule has 0 bridgehead atoms. The molecule has 1 aromatic carbocycles. The van der Waals surface area contributed by atoms with Crippen LogP contribution in [-0.2, 0) is 9.53 Å². The van der Waals surface area contributed by atoms with Gasteiger partial charge in [0.05, 0.1) is 41.9 Å². The predicted molar refractivity (Wildman–Crippen MR) is 122 cm³/mol. The Balaban J connectivity index is 1.55. The standard InChI is InChI=1S/C25H33N3O4/c1-17(2)26-24(30)19-14-21(27-20-9-5-4-8-18(19)20)22-16-28(12-13-32-22)23(29)15-25(31)10-6-3-7-11-25/h4-5,8-9,14,17,22,31H,3,6-7,10-13,15-16H2,1-2H3,(H,26,30)/t22-/m1/s1. The third kappa shape index (κ3) is 5.10. The Morgan fingerprint density at radius 2 is 2.00 bits per heavy atom. The number of nitrogens with one attached hydrogen (secondary N) is 1. The van der Waals surface area contributed by atoms with Crippen LogP contribution < -0.4 is 5.32 Å². The first-order valence-electron chi connectivity index (χ1n) is 11.7. The summed E-state index contributed by atoms with van der Waals surface area (Å²) in [5, 5.41) is 14.6. The molecule has 7 nitrogen and oxygen atoms in total. The van der Waals surface area contributed by atoms with E-state index in [0.29, 0.717) is 43.8 Å². The van der Waals surface area contributed by atoms with Crippen LogP contribution in [0, 0.1) is 0 Å². The maximum Gasteiger partial charge on any atom is 0.252 e. The van der Waals surface area contributed by atoms with E-state index in [0.717, 1.165) is 30.2 Å². The number of carbonyl (C=O) groups excluding carboxylic acids is 2. The maximum atomic E-state index is 13.0. The number of aromatic nitrogens is 1. The minimum Gasteiger partial charge on any atom is -0.389 e. The zero-order chi connectivity index (χ0) is 22.7. The van der Waals surface area contributed by atoms with Gasteiger partial charge in [-0.1, -0.05) is 37.5 Å². The number of ether oxygens (including phenoxy) is 1. The number of rotatable bonds is 5. The molecule has 7 heteroatoms. The van der Waals surface area contributed by atoms with Crippen molar-refractivity contribution in [3.05, 3.63) is 41.6 Å². The molecule has 1 atom stereocenters. The van der Waals surface area contributed by atoms with Gasteiger partial charge in [0.25, 0.3) is 5.91 Å². The first-order valence-corrected chi connectivity index (χ1v) is 11.7. The van der Waals surface area contributed by atoms with Gasteiger partial charge >= 0.3 is 0 Å². The van der Waals surface area contributed by atoms with E-state index in [1.807, 2.05) is 38.1 Å². The summed E-state index contributed by atoms with van der Waals surface area (Å²) in [5.41, 5.74) is 1.05. The van der Waals surface area contributed by atoms with Crippen LogP contribution in [0.25, 0.3) is 10.9 Å². The van der Waals surface area contributed by atoms with Gasteiger partial charge in [-0.15, -0.1) is 0 Å². The van der Waals surface area contributed by atoms with Gasteiger partial charge in [0, 0.05) is 18.0 Å². The van der Waals surface area contributed by atoms with Gasteiger partial charge in [0.2, 0.25) is 5.91 Å². The number of hydrogen-bond donors (Lipinski definition) is 2. The number of carbonyl (C=O) groups is 2. The molecule has 4 rings (SSSR count). The van der Waals surface area contributed by atoms with Crippen LogP contribution in [0.15, 0.2) is 30.3 Å². The van der Waals surface area contributed by atoms with Crippen LogP contribution in [0.4, 0.5) is 0 Å². The van der Waals surface area contributed by atoms with E-state index in [2.05, 4.69) is 5.32 Å². The van der Waals surface area contributed by atoms with Gasteiger partial charge in [-0.3, -0.25) is 9.59 Å². The Bertz CT molecular complexity index is 984. The van der Waals surface area contributed by atoms with Crippen LogP contribution in [-0.4, -0.2) is 58.1 Å². The zero-order valence-electron chi connectivity index (χ0n) is 19.0. The molecule has 1 saturated heterocycles. The lowest BCUT2D eigenvalue weighted by Gasteiger charge is -2.37. The number of benzene rings is 1. The molecule has 172 valence electrons. The fraction of sp³-hybridized carbons (Fsp3) is 0.560. The second-order valence-corrected chi connectivity index (χ2v) is 9.40. The first-order chi connectivity index (χ1) is 15.3. The molecule has 2 aliphatic rings. The summed E-state index contributed by atoms with van der Waals surface area (Å²) >= 11 is 0. The van der Waals surface area contributed by atoms with Crippen LogP contribution in [0.5, 0.6) is 0 Å². The molecule has 2 aromatic rings. The fourth-order valence-electron chi connectivity index (χ4n) is 4.72. The number of hydrogen-bond acceptors (Lipinski definition) is 5. The summed E-state index contributed by atoms with van der Waals surface area (Å²) in [7, 11) is 0. The van der Waals surface area contributed by atoms with Crippen molar-refractivity contribution >= 4 is 22.7 Å². The smallest absolute Gasteiger partial charge is 0.252 e. The second kappa shape index (κ2) is 9.55. The SMILES string of the molecule is CC(C)NC(=O)c1cc([C@H]2CN(C(=O)CC3(O)CCCCC3)CCO2)nc2ccccc12. The lowest BCUT2D eigenvalue weighted by molar-refractivity contribution is -0.145. The number of pyridine rings is 1. The van der Waals surface area contributed by atoms with Crippen molar-refractivity contribution in [2.75, 3.05) is 19.7 Å². The van der Waals surface area contributed by atoms with Crippen LogP contribution in [0.1, 0.15) is 74.5 Å². The zero-order valence-corrected chi connectivity index (χ0v) is 19.0. The summed E-state index contributed by atoms with van der Waals surface area (Å²) in [6, 6.07) is 9.36. The summed E-state index contributed by atoms with van der Waals surface area (Å²) in [5.74, 6) is -0.190. The highest BCUT2D eigenvalue weighted by Gasteiger charge is 2.35. The number of morpholine rings is 1. The number of fused-ring (bicyclic) bond motifs is 1. The van der Waals surface area contributed by atoms with E-state index in [1.54, 1.807) is 11.0 Å². The van der Waals surface area contributed by atoms with Crippen molar-refractivity contribution in [2.24, 2.45) is 0 Å². The average molecular weight is 440 g/mol. The van der Waals surface area contributed by atoms with E-state index in [-0.39, 0.29) is 24.3 Å². The highest BCUT2D eigenvalue weighted by atomic mass is 16.5. The first kappa shape index (κ1) is 22.7. The van der Waals surface area contributed by atoms with Crippen molar-refractivity contribution in [1.82, 2.24) is 15.2 Å². The maximum absolute atomic E-state index is 13.0. The van der Waals surface area contributed by atoms with Gasteiger partial charge < -0.3 is 20.1 Å². The summed E-state index contributed by atoms with van der Waals surface area (Å²) < 4.78 is 5.97. The minimum absolute atomic E-state index is 0.0162. The number of nitrogens with zero attached hydrogens (tertiary/aromatic N) is 2. The topological polar surface area (TPSA) is 91.8 Å². The van der Waals surface area contributed by atoms with E-state index >= 15 is 0 Å². The third-order valence-corrected chi connectivity index (χ3v) is 6.41. The predicted octanol–water partition coefficient (Wildman–Crippen LogP) is 3.36. The molecule has 0 unspecified atom stereocenters. The third-order valence-electron chi connectivity index (χ3n) is 6.41. The summed E-state index contributed by atoms with van der Waals surface area (Å²) in [6.07, 6.45) is 4.18. The molecule has 0 radical (unpaired) electrons. The van der Waals surface area contributed by atoms with Gasteiger partial charge in [-0.05, 0) is 38.8 Å². The van der Waals surface area contributed by atoms with Gasteiger partial charge in [0.1, 0.15) is 6.10 Å². The normalized spacial score (nSPS) is 21.0. The average Bonchev–Trinajstić information content (AvgIpc) is 2.78. The van der Waals surface area contributed by atoms with E-state index < -0.39 is 11.7 Å². The molecular weight excluding hydrogens is 406 g/mol. The van der Waals surface area contributed by atoms with Crippen molar-refractivity contribution in [3.8, 4) is 0 Å². The van der Waals surface area contributed by atoms with Crippen molar-refractivity contribution in [3.63, 3.8) is 0 Å². The lowest BCUT2D eigenvalue weighted by Crippen LogP contribution is -2.46. The molecule has 2 fully saturated rings. The monoisotopic (exact) mass is 439 g/mol. The highest BCUT2D eigenvalue weighted by Crippen LogP contribution is 2.32. The van der Waals surface area contributed by atoms with Crippen molar-refractivity contribution in [1.29, 1.82) is 0 Å². The van der Waals surface area contributed by atoms with E-state index in [4.69, 9.17) is 9.72 Å². The lowest BCUT2D eigenvalue weighted by atomic mass is 9.82. The van der Waals surface area contributed by atoms with E-state index in [1.165, 1.54) is 0 Å². The van der Waals surface area contributed by atoms with Crippen molar-refractivity contribution < 1.29 is 19.4 Å². The van der Waals surface area contributed by atoms with Crippen LogP contribution in [0.3, 0.4) is 0 Å². The Labute approximate surface area is 189 Å². The van der Waals surface area contributed by atoms with Crippen LogP contribution >= 0.6 is 0 Å². The van der Waals surface area contributed by atoms with Gasteiger partial charge in [-0.2, -0.15) is 0 Å². The highest BCUT2D eigenvalue weighted by molar-refractivity contribution is 6.06. The Hall–Kier alpha value is -2.51. The quantitative estimate of drug-likeness (QED) is 0.745. The molecule has 2 heterocycles. The molecule has 0 spiro atoms. The van der Waals surface area contributed by atoms with Gasteiger partial charge in [0.15, 0.2) is 0 Å². The van der Waals surface area contributed by atoms with Crippen LogP contribution in [0.2, 0.25) is 0 Å². The fourth-order valence-corrected chi connectivity index (χ4v) is 4.72.